The molecule has 1 amide bonds. The van der Waals surface area contributed by atoms with Gasteiger partial charge in [0.15, 0.2) is 0 Å². The molecule has 0 aliphatic carbocycles. The number of hydrogen-bond donors (Lipinski definition) is 3. The minimum Gasteiger partial charge on any atom is -0.351 e. The maximum Gasteiger partial charge on any atom is 0.252 e. The van der Waals surface area contributed by atoms with E-state index in [0.717, 1.165) is 0 Å². The van der Waals surface area contributed by atoms with Gasteiger partial charge in [-0.25, -0.2) is 0 Å². The fraction of sp³-hybridized carbons (Fsp3) is 0.250. The lowest BCUT2D eigenvalue weighted by Crippen LogP contribution is -2.29. The molecular formula is C8H11N3O2. The van der Waals surface area contributed by atoms with Gasteiger partial charge in [0.05, 0.1) is 5.56 Å². The second kappa shape index (κ2) is 4.42. The average molecular weight is 181 g/mol. The Morgan fingerprint density at radius 1 is 1.54 bits per heavy atom. The number of nitrogens with one attached hydrogen (secondary N) is 2. The monoisotopic (exact) mass is 181 g/mol. The van der Waals surface area contributed by atoms with Gasteiger partial charge >= 0.3 is 0 Å². The van der Waals surface area contributed by atoms with E-state index < -0.39 is 0 Å². The Bertz CT molecular complexity index is 325. The van der Waals surface area contributed by atoms with E-state index in [2.05, 4.69) is 10.3 Å². The summed E-state index contributed by atoms with van der Waals surface area (Å²) in [6.45, 7) is 0.826. The number of nitrogens with two attached hydrogens (primary N) is 1. The van der Waals surface area contributed by atoms with Crippen LogP contribution in [0.5, 0.6) is 0 Å². The molecule has 1 heterocycles. The van der Waals surface area contributed by atoms with E-state index >= 15 is 0 Å². The molecule has 1 aromatic heterocycles. The van der Waals surface area contributed by atoms with Crippen LogP contribution in [0.4, 0.5) is 0 Å². The molecule has 0 bridgehead atoms. The molecule has 0 saturated heterocycles. The van der Waals surface area contributed by atoms with Crippen molar-refractivity contribution in [2.45, 2.75) is 0 Å². The molecule has 1 aromatic rings. The lowest BCUT2D eigenvalue weighted by atomic mass is 10.3. The first-order valence-corrected chi connectivity index (χ1v) is 3.91. The zero-order valence-electron chi connectivity index (χ0n) is 7.04. The topological polar surface area (TPSA) is 88.0 Å². The molecule has 0 aliphatic rings. The van der Waals surface area contributed by atoms with Crippen molar-refractivity contribution in [1.29, 1.82) is 0 Å². The Morgan fingerprint density at radius 2 is 2.31 bits per heavy atom. The Hall–Kier alpha value is -1.62. The normalized spacial score (nSPS) is 9.62. The Kier molecular flexibility index (Phi) is 3.22. The number of carbonyl (C=O) groups excluding carboxylic acids is 1. The van der Waals surface area contributed by atoms with Crippen LogP contribution in [0.3, 0.4) is 0 Å². The molecule has 5 heteroatoms. The van der Waals surface area contributed by atoms with Gasteiger partial charge in [-0.05, 0) is 6.07 Å². The smallest absolute Gasteiger partial charge is 0.252 e. The molecule has 0 saturated carbocycles. The molecular weight excluding hydrogens is 170 g/mol. The van der Waals surface area contributed by atoms with Crippen LogP contribution in [0.15, 0.2) is 23.1 Å². The van der Waals surface area contributed by atoms with E-state index in [1.165, 1.54) is 18.3 Å². The average Bonchev–Trinajstić information content (AvgIpc) is 2.15. The van der Waals surface area contributed by atoms with E-state index in [0.29, 0.717) is 18.7 Å². The third kappa shape index (κ3) is 2.72. The highest BCUT2D eigenvalue weighted by atomic mass is 16.1. The highest BCUT2D eigenvalue weighted by molar-refractivity contribution is 5.93. The van der Waals surface area contributed by atoms with Gasteiger partial charge < -0.3 is 16.0 Å². The Morgan fingerprint density at radius 3 is 2.85 bits per heavy atom. The summed E-state index contributed by atoms with van der Waals surface area (Å²) in [6.07, 6.45) is 1.37. The molecule has 0 unspecified atom stereocenters. The lowest BCUT2D eigenvalue weighted by molar-refractivity contribution is 0.0954. The SMILES string of the molecule is NCCNC(=O)c1ccc(=O)[nH]c1. The minimum atomic E-state index is -0.235. The van der Waals surface area contributed by atoms with Crippen LogP contribution in [0.2, 0.25) is 0 Å². The number of amides is 1. The van der Waals surface area contributed by atoms with Crippen molar-refractivity contribution in [3.8, 4) is 0 Å². The summed E-state index contributed by atoms with van der Waals surface area (Å²) in [5.41, 5.74) is 5.40. The van der Waals surface area contributed by atoms with E-state index in [1.807, 2.05) is 0 Å². The molecule has 1 rings (SSSR count). The number of rotatable bonds is 3. The Labute approximate surface area is 75.0 Å². The summed E-state index contributed by atoms with van der Waals surface area (Å²) >= 11 is 0. The number of carbonyl (C=O) groups is 1. The van der Waals surface area contributed by atoms with Crippen molar-refractivity contribution in [3.05, 3.63) is 34.2 Å². The van der Waals surface area contributed by atoms with Crippen LogP contribution in [0.1, 0.15) is 10.4 Å². The van der Waals surface area contributed by atoms with Crippen molar-refractivity contribution in [2.75, 3.05) is 13.1 Å². The maximum absolute atomic E-state index is 11.2. The molecule has 4 N–H and O–H groups in total. The number of hydrogen-bond acceptors (Lipinski definition) is 3. The van der Waals surface area contributed by atoms with E-state index in [1.54, 1.807) is 0 Å². The van der Waals surface area contributed by atoms with Crippen molar-refractivity contribution in [1.82, 2.24) is 10.3 Å². The van der Waals surface area contributed by atoms with Gasteiger partial charge in [0.1, 0.15) is 0 Å². The highest BCUT2D eigenvalue weighted by Gasteiger charge is 2.02. The third-order valence-electron chi connectivity index (χ3n) is 1.48. The molecule has 0 radical (unpaired) electrons. The van der Waals surface area contributed by atoms with Gasteiger partial charge in [-0.15, -0.1) is 0 Å². The summed E-state index contributed by atoms with van der Waals surface area (Å²) in [6, 6.07) is 2.77. The molecule has 5 nitrogen and oxygen atoms in total. The zero-order chi connectivity index (χ0) is 9.68. The first-order chi connectivity index (χ1) is 6.24. The summed E-state index contributed by atoms with van der Waals surface area (Å²) in [7, 11) is 0. The summed E-state index contributed by atoms with van der Waals surface area (Å²) < 4.78 is 0. The summed E-state index contributed by atoms with van der Waals surface area (Å²) in [5, 5.41) is 2.58. The van der Waals surface area contributed by atoms with Crippen LogP contribution in [0.25, 0.3) is 0 Å². The number of aromatic amines is 1. The van der Waals surface area contributed by atoms with Crippen LogP contribution in [0, 0.1) is 0 Å². The highest BCUT2D eigenvalue weighted by Crippen LogP contribution is 1.91. The molecule has 0 aromatic carbocycles. The first-order valence-electron chi connectivity index (χ1n) is 3.91. The van der Waals surface area contributed by atoms with E-state index in [9.17, 15) is 9.59 Å². The summed E-state index contributed by atoms with van der Waals surface area (Å²) in [5.74, 6) is -0.235. The number of pyridine rings is 1. The summed E-state index contributed by atoms with van der Waals surface area (Å²) in [4.78, 5) is 24.3. The predicted molar refractivity (Wildman–Crippen MR) is 48.5 cm³/mol. The van der Waals surface area contributed by atoms with Crippen LogP contribution < -0.4 is 16.6 Å². The van der Waals surface area contributed by atoms with Crippen molar-refractivity contribution in [3.63, 3.8) is 0 Å². The quantitative estimate of drug-likeness (QED) is 0.562. The lowest BCUT2D eigenvalue weighted by Gasteiger charge is -2.01. The maximum atomic E-state index is 11.2. The molecule has 0 atom stereocenters. The molecule has 70 valence electrons. The molecule has 13 heavy (non-hydrogen) atoms. The van der Waals surface area contributed by atoms with Gasteiger partial charge in [0.25, 0.3) is 5.91 Å². The van der Waals surface area contributed by atoms with Crippen molar-refractivity contribution in [2.24, 2.45) is 5.73 Å². The van der Waals surface area contributed by atoms with E-state index in [4.69, 9.17) is 5.73 Å². The molecule has 0 fully saturated rings. The van der Waals surface area contributed by atoms with E-state index in [-0.39, 0.29) is 11.5 Å². The molecule has 0 spiro atoms. The standard InChI is InChI=1S/C8H11N3O2/c9-3-4-10-8(13)6-1-2-7(12)11-5-6/h1-2,5H,3-4,9H2,(H,10,13)(H,11,12). The minimum absolute atomic E-state index is 0.227. The second-order valence-electron chi connectivity index (χ2n) is 2.49. The molecule has 0 aliphatic heterocycles. The van der Waals surface area contributed by atoms with Gasteiger partial charge in [0, 0.05) is 25.4 Å². The largest absolute Gasteiger partial charge is 0.351 e. The van der Waals surface area contributed by atoms with Crippen LogP contribution in [-0.2, 0) is 0 Å². The Balaban J connectivity index is 2.66. The first kappa shape index (κ1) is 9.47. The van der Waals surface area contributed by atoms with Gasteiger partial charge in [-0.2, -0.15) is 0 Å². The van der Waals surface area contributed by atoms with Crippen molar-refractivity contribution < 1.29 is 4.79 Å². The van der Waals surface area contributed by atoms with Gasteiger partial charge in [-0.1, -0.05) is 0 Å². The number of H-pyrrole nitrogens is 1. The third-order valence-corrected chi connectivity index (χ3v) is 1.48. The second-order valence-corrected chi connectivity index (χ2v) is 2.49. The fourth-order valence-corrected chi connectivity index (χ4v) is 0.840. The van der Waals surface area contributed by atoms with Crippen LogP contribution in [-0.4, -0.2) is 24.0 Å². The van der Waals surface area contributed by atoms with Gasteiger partial charge in [-0.3, -0.25) is 9.59 Å². The fourth-order valence-electron chi connectivity index (χ4n) is 0.840. The van der Waals surface area contributed by atoms with Gasteiger partial charge in [0.2, 0.25) is 5.56 Å². The van der Waals surface area contributed by atoms with Crippen LogP contribution >= 0.6 is 0 Å². The number of aromatic nitrogens is 1. The zero-order valence-corrected chi connectivity index (χ0v) is 7.04. The van der Waals surface area contributed by atoms with Crippen molar-refractivity contribution >= 4 is 5.91 Å². The predicted octanol–water partition coefficient (Wildman–Crippen LogP) is -0.937.